The average Bonchev–Trinajstić information content (AvgIpc) is 3.29. The number of hydrogen-bond donors (Lipinski definition) is 0. The van der Waals surface area contributed by atoms with Crippen LogP contribution in [0.3, 0.4) is 0 Å². The summed E-state index contributed by atoms with van der Waals surface area (Å²) in [6.45, 7) is 8.47. The highest BCUT2D eigenvalue weighted by atomic mass is 79.9. The van der Waals surface area contributed by atoms with Gasteiger partial charge in [-0.25, -0.2) is 0 Å². The van der Waals surface area contributed by atoms with Crippen LogP contribution in [-0.2, 0) is 19.1 Å². The summed E-state index contributed by atoms with van der Waals surface area (Å²) >= 11 is 3.45. The summed E-state index contributed by atoms with van der Waals surface area (Å²) in [5.74, 6) is 4.99. The van der Waals surface area contributed by atoms with Gasteiger partial charge in [0.2, 0.25) is 0 Å². The third-order valence-corrected chi connectivity index (χ3v) is 14.9. The maximum Gasteiger partial charge on any atom is 0.308 e. The molecule has 59 heavy (non-hydrogen) atoms. The molecule has 6 rings (SSSR count). The maximum absolute atomic E-state index is 11.7. The number of rotatable bonds is 15. The van der Waals surface area contributed by atoms with Gasteiger partial charge in [0.15, 0.2) is 0 Å². The van der Waals surface area contributed by atoms with Crippen LogP contribution < -0.4 is 0 Å². The predicted molar refractivity (Wildman–Crippen MR) is 252 cm³/mol. The fourth-order valence-electron chi connectivity index (χ4n) is 10.3. The van der Waals surface area contributed by atoms with E-state index in [9.17, 15) is 9.59 Å². The van der Waals surface area contributed by atoms with Gasteiger partial charge in [0.25, 0.3) is 0 Å². The molecule has 0 atom stereocenters. The normalized spacial score (nSPS) is 27.0. The Balaban J connectivity index is 0.000000216. The lowest BCUT2D eigenvalue weighted by atomic mass is 9.78. The van der Waals surface area contributed by atoms with Crippen molar-refractivity contribution >= 4 is 33.9 Å². The van der Waals surface area contributed by atoms with E-state index in [1.165, 1.54) is 134 Å². The molecule has 2 aromatic carbocycles. The molecule has 0 bridgehead atoms. The maximum atomic E-state index is 11.7. The van der Waals surface area contributed by atoms with E-state index < -0.39 is 0 Å². The fraction of sp³-hybridized carbons (Fsp3) is 0.667. The van der Waals surface area contributed by atoms with E-state index in [0.717, 1.165) is 79.5 Å². The Morgan fingerprint density at radius 2 is 0.983 bits per heavy atom. The molecular weight excluding hydrogens is 792 g/mol. The first-order valence-corrected chi connectivity index (χ1v) is 24.9. The van der Waals surface area contributed by atoms with Gasteiger partial charge in [0, 0.05) is 4.47 Å². The molecule has 4 saturated carbocycles. The molecule has 0 saturated heterocycles. The minimum Gasteiger partial charge on any atom is -0.469 e. The summed E-state index contributed by atoms with van der Waals surface area (Å²) in [6, 6.07) is 17.7. The van der Waals surface area contributed by atoms with Crippen LogP contribution in [0, 0.1) is 35.5 Å². The van der Waals surface area contributed by atoms with Gasteiger partial charge < -0.3 is 9.47 Å². The van der Waals surface area contributed by atoms with Crippen molar-refractivity contribution in [2.75, 3.05) is 14.2 Å². The van der Waals surface area contributed by atoms with E-state index in [2.05, 4.69) is 103 Å². The zero-order valence-corrected chi connectivity index (χ0v) is 39.2. The smallest absolute Gasteiger partial charge is 0.308 e. The van der Waals surface area contributed by atoms with Crippen molar-refractivity contribution in [3.8, 4) is 0 Å². The third-order valence-electron chi connectivity index (χ3n) is 14.4. The lowest BCUT2D eigenvalue weighted by molar-refractivity contribution is -0.147. The number of benzene rings is 2. The van der Waals surface area contributed by atoms with E-state index in [-0.39, 0.29) is 23.8 Å². The summed E-state index contributed by atoms with van der Waals surface area (Å²) in [4.78, 5) is 23.1. The number of unbranched alkanes of at least 4 members (excludes halogenated alkanes) is 4. The Morgan fingerprint density at radius 3 is 1.37 bits per heavy atom. The summed E-state index contributed by atoms with van der Waals surface area (Å²) < 4.78 is 10.8. The first-order chi connectivity index (χ1) is 28.8. The second-order valence-corrected chi connectivity index (χ2v) is 19.4. The second kappa shape index (κ2) is 28.0. The third kappa shape index (κ3) is 17.7. The van der Waals surface area contributed by atoms with Crippen molar-refractivity contribution in [2.45, 2.75) is 180 Å². The summed E-state index contributed by atoms with van der Waals surface area (Å²) in [6.07, 6.45) is 37.8. The van der Waals surface area contributed by atoms with Gasteiger partial charge in [-0.05, 0) is 167 Å². The van der Waals surface area contributed by atoms with Crippen molar-refractivity contribution in [1.29, 1.82) is 0 Å². The molecule has 0 aromatic heterocycles. The Labute approximate surface area is 369 Å². The van der Waals surface area contributed by atoms with Crippen LogP contribution in [0.1, 0.15) is 196 Å². The number of hydrogen-bond acceptors (Lipinski definition) is 4. The monoisotopic (exact) mass is 873 g/mol. The highest BCUT2D eigenvalue weighted by Crippen LogP contribution is 2.38. The predicted octanol–water partition coefficient (Wildman–Crippen LogP) is 16.0. The number of esters is 2. The van der Waals surface area contributed by atoms with Gasteiger partial charge in [-0.1, -0.05) is 136 Å². The molecule has 0 spiro atoms. The Kier molecular flexibility index (Phi) is 23.3. The minimum atomic E-state index is -0.0424. The van der Waals surface area contributed by atoms with Crippen molar-refractivity contribution in [1.82, 2.24) is 0 Å². The molecule has 5 heteroatoms. The Morgan fingerprint density at radius 1 is 0.576 bits per heavy atom. The van der Waals surface area contributed by atoms with E-state index in [1.54, 1.807) is 0 Å². The van der Waals surface area contributed by atoms with E-state index in [0.29, 0.717) is 11.8 Å². The van der Waals surface area contributed by atoms with Crippen molar-refractivity contribution in [3.05, 3.63) is 88.4 Å². The molecule has 0 amide bonds. The van der Waals surface area contributed by atoms with Gasteiger partial charge in [-0.15, -0.1) is 6.58 Å². The van der Waals surface area contributed by atoms with Crippen LogP contribution in [-0.4, -0.2) is 26.2 Å². The highest BCUT2D eigenvalue weighted by Gasteiger charge is 2.29. The fourth-order valence-corrected chi connectivity index (χ4v) is 10.5. The molecule has 0 unspecified atom stereocenters. The van der Waals surface area contributed by atoms with E-state index >= 15 is 0 Å². The van der Waals surface area contributed by atoms with Crippen LogP contribution in [0.2, 0.25) is 0 Å². The van der Waals surface area contributed by atoms with Crippen LogP contribution in [0.4, 0.5) is 0 Å². The number of carbonyl (C=O) groups is 2. The van der Waals surface area contributed by atoms with Crippen LogP contribution >= 0.6 is 15.9 Å². The largest absolute Gasteiger partial charge is 0.469 e. The van der Waals surface area contributed by atoms with Crippen LogP contribution in [0.5, 0.6) is 0 Å². The topological polar surface area (TPSA) is 52.6 Å². The molecular formula is C54H81BrO4. The number of allylic oxidation sites excluding steroid dienone is 2. The second-order valence-electron chi connectivity index (χ2n) is 18.5. The summed E-state index contributed by atoms with van der Waals surface area (Å²) in [5, 5.41) is 0. The minimum absolute atomic E-state index is 0.0288. The number of ether oxygens (including phenoxy) is 2. The molecule has 2 aromatic rings. The Hall–Kier alpha value is -2.66. The van der Waals surface area contributed by atoms with Crippen LogP contribution in [0.15, 0.2) is 71.7 Å². The molecule has 0 N–H and O–H groups in total. The summed E-state index contributed by atoms with van der Waals surface area (Å²) in [7, 11) is 2.98. The van der Waals surface area contributed by atoms with Crippen molar-refractivity contribution in [2.24, 2.45) is 35.5 Å². The van der Waals surface area contributed by atoms with E-state index in [1.807, 2.05) is 0 Å². The molecule has 4 aliphatic rings. The number of methoxy groups -OCH3 is 2. The van der Waals surface area contributed by atoms with Gasteiger partial charge >= 0.3 is 11.9 Å². The molecule has 4 aliphatic carbocycles. The quantitative estimate of drug-likeness (QED) is 0.102. The SMILES string of the molecule is C=CC1CCC(CCCCC)CC1.CCCCCC1CCC(C=Cc2ccc(C3CCC(C(=O)OC)CC3)cc2)CC1.COC(=O)C1CCC(c2ccc(Br)cc2)CC1. The molecule has 328 valence electrons. The van der Waals surface area contributed by atoms with Crippen molar-refractivity contribution in [3.63, 3.8) is 0 Å². The lowest BCUT2D eigenvalue weighted by Crippen LogP contribution is -2.22. The molecule has 4 fully saturated rings. The van der Waals surface area contributed by atoms with Gasteiger partial charge in [-0.3, -0.25) is 9.59 Å². The van der Waals surface area contributed by atoms with Crippen LogP contribution in [0.25, 0.3) is 6.08 Å². The van der Waals surface area contributed by atoms with Gasteiger partial charge in [-0.2, -0.15) is 0 Å². The van der Waals surface area contributed by atoms with Gasteiger partial charge in [0.05, 0.1) is 26.1 Å². The average molecular weight is 874 g/mol. The number of carbonyl (C=O) groups excluding carboxylic acids is 2. The zero-order valence-electron chi connectivity index (χ0n) is 37.7. The molecule has 4 nitrogen and oxygen atoms in total. The molecule has 0 heterocycles. The van der Waals surface area contributed by atoms with E-state index in [4.69, 9.17) is 9.47 Å². The first kappa shape index (κ1) is 49.0. The lowest BCUT2D eigenvalue weighted by Gasteiger charge is -2.27. The summed E-state index contributed by atoms with van der Waals surface area (Å²) in [5.41, 5.74) is 4.14. The first-order valence-electron chi connectivity index (χ1n) is 24.1. The molecule has 0 radical (unpaired) electrons. The molecule has 0 aliphatic heterocycles. The zero-order chi connectivity index (χ0) is 42.2. The van der Waals surface area contributed by atoms with Gasteiger partial charge in [0.1, 0.15) is 0 Å². The highest BCUT2D eigenvalue weighted by molar-refractivity contribution is 9.10. The number of halogens is 1. The van der Waals surface area contributed by atoms with Crippen molar-refractivity contribution < 1.29 is 19.1 Å². The standard InChI is InChI=1S/C27H40O2.C14H17BrO2.C13H24/c1-3-4-5-6-21-7-9-22(10-8-21)11-12-23-13-15-24(16-14-23)25-17-19-26(20-18-25)27(28)29-2;1-17-14(16)12-4-2-10(3-5-12)11-6-8-13(15)9-7-11;1-3-5-6-7-13-10-8-12(4-2)9-11-13/h11-16,21-22,25-26H,3-10,17-20H2,1-2H3;6-10,12H,2-5H2,1H3;4,12-13H,2-3,5-11H2,1H3. The Bertz CT molecular complexity index is 1470.